The van der Waals surface area contributed by atoms with Crippen molar-refractivity contribution in [2.24, 2.45) is 0 Å². The third-order valence-corrected chi connectivity index (χ3v) is 2.34. The topological polar surface area (TPSA) is 38.7 Å². The number of phenolic OH excluding ortho intramolecular Hbond substituents is 1. The van der Waals surface area contributed by atoms with Crippen LogP contribution in [0.3, 0.4) is 0 Å². The van der Waals surface area contributed by atoms with Crippen LogP contribution in [-0.2, 0) is 6.42 Å². The van der Waals surface area contributed by atoms with Crippen molar-refractivity contribution < 1.29 is 14.6 Å². The molecular formula is C11H12O3. The van der Waals surface area contributed by atoms with Crippen LogP contribution in [0.2, 0.25) is 0 Å². The SMILES string of the molecule is C=CCc1cc(O)c2c(c1C)OCO2. The van der Waals surface area contributed by atoms with Gasteiger partial charge >= 0.3 is 0 Å². The Morgan fingerprint density at radius 3 is 2.93 bits per heavy atom. The molecule has 3 heteroatoms. The molecule has 1 N–H and O–H groups in total. The number of aromatic hydroxyl groups is 1. The summed E-state index contributed by atoms with van der Waals surface area (Å²) in [6, 6.07) is 1.70. The predicted molar refractivity (Wildman–Crippen MR) is 52.9 cm³/mol. The maximum absolute atomic E-state index is 9.62. The van der Waals surface area contributed by atoms with E-state index in [-0.39, 0.29) is 12.5 Å². The second kappa shape index (κ2) is 3.25. The van der Waals surface area contributed by atoms with Crippen molar-refractivity contribution in [3.63, 3.8) is 0 Å². The van der Waals surface area contributed by atoms with Crippen molar-refractivity contribution in [3.8, 4) is 17.2 Å². The third-order valence-electron chi connectivity index (χ3n) is 2.34. The average molecular weight is 192 g/mol. The van der Waals surface area contributed by atoms with Crippen molar-refractivity contribution in [1.82, 2.24) is 0 Å². The van der Waals surface area contributed by atoms with E-state index in [9.17, 15) is 5.11 Å². The summed E-state index contributed by atoms with van der Waals surface area (Å²) in [5.41, 5.74) is 2.02. The zero-order valence-electron chi connectivity index (χ0n) is 8.04. The van der Waals surface area contributed by atoms with Gasteiger partial charge in [-0.3, -0.25) is 0 Å². The smallest absolute Gasteiger partial charge is 0.231 e. The highest BCUT2D eigenvalue weighted by Crippen LogP contribution is 2.44. The summed E-state index contributed by atoms with van der Waals surface area (Å²) in [4.78, 5) is 0. The molecule has 1 heterocycles. The summed E-state index contributed by atoms with van der Waals surface area (Å²) in [6.45, 7) is 5.80. The molecule has 0 saturated carbocycles. The van der Waals surface area contributed by atoms with Crippen LogP contribution in [0.1, 0.15) is 11.1 Å². The normalized spacial score (nSPS) is 12.9. The average Bonchev–Trinajstić information content (AvgIpc) is 2.63. The molecular weight excluding hydrogens is 180 g/mol. The van der Waals surface area contributed by atoms with Crippen molar-refractivity contribution in [1.29, 1.82) is 0 Å². The highest BCUT2D eigenvalue weighted by atomic mass is 16.7. The van der Waals surface area contributed by atoms with E-state index < -0.39 is 0 Å². The lowest BCUT2D eigenvalue weighted by Gasteiger charge is -2.08. The van der Waals surface area contributed by atoms with E-state index >= 15 is 0 Å². The Balaban J connectivity index is 2.55. The Kier molecular flexibility index (Phi) is 2.08. The maximum Gasteiger partial charge on any atom is 0.231 e. The minimum atomic E-state index is 0.139. The standard InChI is InChI=1S/C11H12O3/c1-3-4-8-5-9(12)11-10(7(8)2)13-6-14-11/h3,5,12H,1,4,6H2,2H3. The zero-order valence-corrected chi connectivity index (χ0v) is 8.04. The van der Waals surface area contributed by atoms with Crippen LogP contribution in [0.25, 0.3) is 0 Å². The minimum Gasteiger partial charge on any atom is -0.504 e. The number of rotatable bonds is 2. The van der Waals surface area contributed by atoms with Gasteiger partial charge in [0.1, 0.15) is 0 Å². The van der Waals surface area contributed by atoms with Gasteiger partial charge in [0, 0.05) is 0 Å². The van der Waals surface area contributed by atoms with E-state index in [0.717, 1.165) is 17.5 Å². The van der Waals surface area contributed by atoms with Crippen molar-refractivity contribution in [2.75, 3.05) is 6.79 Å². The Labute approximate surface area is 82.6 Å². The molecule has 0 saturated heterocycles. The van der Waals surface area contributed by atoms with Crippen molar-refractivity contribution in [3.05, 3.63) is 29.8 Å². The molecule has 0 unspecified atom stereocenters. The fourth-order valence-corrected chi connectivity index (χ4v) is 1.60. The van der Waals surface area contributed by atoms with Crippen LogP contribution in [0.4, 0.5) is 0 Å². The molecule has 0 amide bonds. The van der Waals surface area contributed by atoms with Gasteiger partial charge in [0.25, 0.3) is 0 Å². The van der Waals surface area contributed by atoms with E-state index in [0.29, 0.717) is 11.5 Å². The van der Waals surface area contributed by atoms with Gasteiger partial charge in [-0.1, -0.05) is 6.08 Å². The largest absolute Gasteiger partial charge is 0.504 e. The first kappa shape index (κ1) is 8.94. The summed E-state index contributed by atoms with van der Waals surface area (Å²) in [6.07, 6.45) is 2.51. The maximum atomic E-state index is 9.62. The van der Waals surface area contributed by atoms with Gasteiger partial charge in [0.2, 0.25) is 12.5 Å². The van der Waals surface area contributed by atoms with Crippen LogP contribution in [0, 0.1) is 6.92 Å². The van der Waals surface area contributed by atoms with Crippen LogP contribution in [0.15, 0.2) is 18.7 Å². The quantitative estimate of drug-likeness (QED) is 0.730. The van der Waals surface area contributed by atoms with E-state index in [4.69, 9.17) is 9.47 Å². The van der Waals surface area contributed by atoms with Gasteiger partial charge in [-0.25, -0.2) is 0 Å². The molecule has 0 aliphatic carbocycles. The molecule has 1 aromatic rings. The molecule has 0 aromatic heterocycles. The van der Waals surface area contributed by atoms with E-state index in [1.807, 2.05) is 6.92 Å². The van der Waals surface area contributed by atoms with Gasteiger partial charge in [0.05, 0.1) is 0 Å². The first-order chi connectivity index (χ1) is 6.74. The predicted octanol–water partition coefficient (Wildman–Crippen LogP) is 2.16. The van der Waals surface area contributed by atoms with Gasteiger partial charge in [-0.05, 0) is 30.5 Å². The molecule has 1 aromatic carbocycles. The number of ether oxygens (including phenoxy) is 2. The summed E-state index contributed by atoms with van der Waals surface area (Å²) >= 11 is 0. The number of phenols is 1. The first-order valence-electron chi connectivity index (χ1n) is 4.46. The van der Waals surface area contributed by atoms with Crippen LogP contribution in [0.5, 0.6) is 17.2 Å². The van der Waals surface area contributed by atoms with Gasteiger partial charge in [-0.15, -0.1) is 6.58 Å². The molecule has 0 spiro atoms. The lowest BCUT2D eigenvalue weighted by molar-refractivity contribution is 0.171. The number of hydrogen-bond donors (Lipinski definition) is 1. The Bertz CT molecular complexity index is 383. The number of allylic oxidation sites excluding steroid dienone is 1. The molecule has 0 radical (unpaired) electrons. The first-order valence-corrected chi connectivity index (χ1v) is 4.46. The van der Waals surface area contributed by atoms with E-state index in [1.165, 1.54) is 0 Å². The lowest BCUT2D eigenvalue weighted by Crippen LogP contribution is -1.94. The lowest BCUT2D eigenvalue weighted by atomic mass is 10.0. The Morgan fingerprint density at radius 1 is 1.50 bits per heavy atom. The highest BCUT2D eigenvalue weighted by Gasteiger charge is 2.22. The molecule has 1 aliphatic rings. The van der Waals surface area contributed by atoms with E-state index in [1.54, 1.807) is 12.1 Å². The summed E-state index contributed by atoms with van der Waals surface area (Å²) in [7, 11) is 0. The molecule has 0 fully saturated rings. The monoisotopic (exact) mass is 192 g/mol. The number of fused-ring (bicyclic) bond motifs is 1. The molecule has 2 rings (SSSR count). The van der Waals surface area contributed by atoms with Crippen LogP contribution in [-0.4, -0.2) is 11.9 Å². The fraction of sp³-hybridized carbons (Fsp3) is 0.273. The molecule has 0 bridgehead atoms. The molecule has 74 valence electrons. The summed E-state index contributed by atoms with van der Waals surface area (Å²) in [5, 5.41) is 9.62. The molecule has 0 atom stereocenters. The van der Waals surface area contributed by atoms with Crippen LogP contribution < -0.4 is 9.47 Å². The Morgan fingerprint density at radius 2 is 2.21 bits per heavy atom. The summed E-state index contributed by atoms with van der Waals surface area (Å²) in [5.74, 6) is 1.25. The zero-order chi connectivity index (χ0) is 10.1. The van der Waals surface area contributed by atoms with Gasteiger partial charge < -0.3 is 14.6 Å². The number of hydrogen-bond acceptors (Lipinski definition) is 3. The third kappa shape index (κ3) is 1.21. The van der Waals surface area contributed by atoms with Crippen LogP contribution >= 0.6 is 0 Å². The second-order valence-corrected chi connectivity index (χ2v) is 3.24. The minimum absolute atomic E-state index is 0.139. The highest BCUT2D eigenvalue weighted by molar-refractivity contribution is 5.59. The Hall–Kier alpha value is -1.64. The second-order valence-electron chi connectivity index (χ2n) is 3.24. The molecule has 3 nitrogen and oxygen atoms in total. The van der Waals surface area contributed by atoms with Crippen molar-refractivity contribution >= 4 is 0 Å². The van der Waals surface area contributed by atoms with Gasteiger partial charge in [-0.2, -0.15) is 0 Å². The molecule has 1 aliphatic heterocycles. The van der Waals surface area contributed by atoms with E-state index in [2.05, 4.69) is 6.58 Å². The molecule has 14 heavy (non-hydrogen) atoms. The fourth-order valence-electron chi connectivity index (χ4n) is 1.60. The van der Waals surface area contributed by atoms with Crippen molar-refractivity contribution in [2.45, 2.75) is 13.3 Å². The number of benzene rings is 1. The summed E-state index contributed by atoms with van der Waals surface area (Å²) < 4.78 is 10.4. The van der Waals surface area contributed by atoms with Gasteiger partial charge in [0.15, 0.2) is 11.5 Å².